The molecule has 4 heteroatoms. The second-order valence-electron chi connectivity index (χ2n) is 4.72. The summed E-state index contributed by atoms with van der Waals surface area (Å²) in [6.45, 7) is 7.13. The Morgan fingerprint density at radius 1 is 1.41 bits per heavy atom. The van der Waals surface area contributed by atoms with Crippen molar-refractivity contribution in [3.63, 3.8) is 0 Å². The van der Waals surface area contributed by atoms with Crippen molar-refractivity contribution < 1.29 is 0 Å². The first-order chi connectivity index (χ1) is 8.06. The summed E-state index contributed by atoms with van der Waals surface area (Å²) in [5.74, 6) is 0.725. The third-order valence-corrected chi connectivity index (χ3v) is 3.65. The monoisotopic (exact) mass is 295 g/mol. The van der Waals surface area contributed by atoms with Gasteiger partial charge in [-0.25, -0.2) is 4.98 Å². The van der Waals surface area contributed by atoms with Crippen molar-refractivity contribution >= 4 is 21.6 Å². The number of nitrogens with zero attached hydrogens (tertiary/aromatic N) is 2. The van der Waals surface area contributed by atoms with Gasteiger partial charge in [-0.2, -0.15) is 0 Å². The molecule has 0 aliphatic rings. The summed E-state index contributed by atoms with van der Waals surface area (Å²) in [6, 6.07) is 4.04. The molecule has 0 amide bonds. The van der Waals surface area contributed by atoms with Crippen LogP contribution in [-0.2, 0) is 0 Å². The minimum atomic E-state index is 0.316. The fourth-order valence-electron chi connectivity index (χ4n) is 2.10. The summed E-state index contributed by atoms with van der Waals surface area (Å²) in [5.41, 5.74) is 9.17. The van der Waals surface area contributed by atoms with Crippen LogP contribution < -0.4 is 5.73 Å². The van der Waals surface area contributed by atoms with Crippen molar-refractivity contribution in [2.24, 2.45) is 5.73 Å². The molecule has 0 aromatic carbocycles. The zero-order valence-electron chi connectivity index (χ0n) is 10.4. The molecule has 0 fully saturated rings. The van der Waals surface area contributed by atoms with Crippen molar-refractivity contribution in [2.75, 3.05) is 6.54 Å². The second-order valence-corrected chi connectivity index (χ2v) is 5.58. The number of nitrogens with two attached hydrogens (primary N) is 1. The van der Waals surface area contributed by atoms with E-state index in [0.717, 1.165) is 15.8 Å². The molecule has 17 heavy (non-hydrogen) atoms. The average molecular weight is 296 g/mol. The van der Waals surface area contributed by atoms with E-state index in [9.17, 15) is 0 Å². The van der Waals surface area contributed by atoms with Crippen molar-refractivity contribution in [1.29, 1.82) is 0 Å². The van der Waals surface area contributed by atoms with Gasteiger partial charge in [0.25, 0.3) is 0 Å². The van der Waals surface area contributed by atoms with E-state index in [1.165, 1.54) is 5.69 Å². The van der Waals surface area contributed by atoms with E-state index < -0.39 is 0 Å². The van der Waals surface area contributed by atoms with Gasteiger partial charge in [0.15, 0.2) is 5.65 Å². The third-order valence-electron chi connectivity index (χ3n) is 3.04. The Balaban J connectivity index is 2.76. The van der Waals surface area contributed by atoms with Gasteiger partial charge in [0, 0.05) is 18.7 Å². The van der Waals surface area contributed by atoms with E-state index in [-0.39, 0.29) is 0 Å². The van der Waals surface area contributed by atoms with E-state index in [1.54, 1.807) is 0 Å². The van der Waals surface area contributed by atoms with Gasteiger partial charge in [0.1, 0.15) is 0 Å². The van der Waals surface area contributed by atoms with Crippen LogP contribution in [0.4, 0.5) is 0 Å². The molecule has 2 heterocycles. The van der Waals surface area contributed by atoms with Gasteiger partial charge in [-0.05, 0) is 34.0 Å². The zero-order valence-corrected chi connectivity index (χ0v) is 12.0. The second kappa shape index (κ2) is 4.78. The van der Waals surface area contributed by atoms with Crippen LogP contribution in [0.25, 0.3) is 5.65 Å². The largest absolute Gasteiger partial charge is 0.330 e. The average Bonchev–Trinajstić information content (AvgIpc) is 2.69. The van der Waals surface area contributed by atoms with Gasteiger partial charge in [-0.1, -0.05) is 20.8 Å². The molecule has 0 saturated heterocycles. The van der Waals surface area contributed by atoms with Crippen LogP contribution in [-0.4, -0.2) is 15.9 Å². The molecule has 0 spiro atoms. The summed E-state index contributed by atoms with van der Waals surface area (Å²) >= 11 is 3.55. The quantitative estimate of drug-likeness (QED) is 0.944. The van der Waals surface area contributed by atoms with Crippen LogP contribution in [0.3, 0.4) is 0 Å². The van der Waals surface area contributed by atoms with E-state index in [1.807, 2.05) is 12.1 Å². The molecule has 2 rings (SSSR count). The SMILES string of the molecule is CC(C)c1nc2c(Br)cccn2c1C(C)CN. The molecule has 2 N–H and O–H groups in total. The fraction of sp³-hybridized carbons (Fsp3) is 0.462. The Morgan fingerprint density at radius 3 is 2.71 bits per heavy atom. The number of pyridine rings is 1. The topological polar surface area (TPSA) is 43.3 Å². The molecule has 1 unspecified atom stereocenters. The Kier molecular flexibility index (Phi) is 3.54. The van der Waals surface area contributed by atoms with Crippen LogP contribution in [0, 0.1) is 0 Å². The van der Waals surface area contributed by atoms with Crippen LogP contribution >= 0.6 is 15.9 Å². The highest BCUT2D eigenvalue weighted by atomic mass is 79.9. The number of halogens is 1. The Bertz CT molecular complexity index is 531. The summed E-state index contributed by atoms with van der Waals surface area (Å²) < 4.78 is 3.18. The Labute approximate surface area is 110 Å². The smallest absolute Gasteiger partial charge is 0.151 e. The first-order valence-electron chi connectivity index (χ1n) is 5.92. The first-order valence-corrected chi connectivity index (χ1v) is 6.72. The van der Waals surface area contributed by atoms with Crippen molar-refractivity contribution in [3.05, 3.63) is 34.2 Å². The summed E-state index contributed by atoms with van der Waals surface area (Å²) in [5, 5.41) is 0. The van der Waals surface area contributed by atoms with Crippen LogP contribution in [0.15, 0.2) is 22.8 Å². The third kappa shape index (κ3) is 2.11. The number of rotatable bonds is 3. The number of fused-ring (bicyclic) bond motifs is 1. The van der Waals surface area contributed by atoms with Crippen LogP contribution in [0.1, 0.15) is 44.0 Å². The molecule has 2 aromatic rings. The van der Waals surface area contributed by atoms with Crippen molar-refractivity contribution in [1.82, 2.24) is 9.38 Å². The lowest BCUT2D eigenvalue weighted by molar-refractivity contribution is 0.702. The fourth-order valence-corrected chi connectivity index (χ4v) is 2.53. The summed E-state index contributed by atoms with van der Waals surface area (Å²) in [7, 11) is 0. The highest BCUT2D eigenvalue weighted by Crippen LogP contribution is 2.29. The summed E-state index contributed by atoms with van der Waals surface area (Å²) in [4.78, 5) is 4.74. The zero-order chi connectivity index (χ0) is 12.6. The van der Waals surface area contributed by atoms with Gasteiger partial charge in [0.05, 0.1) is 15.9 Å². The number of hydrogen-bond acceptors (Lipinski definition) is 2. The van der Waals surface area contributed by atoms with Crippen LogP contribution in [0.5, 0.6) is 0 Å². The predicted molar refractivity (Wildman–Crippen MR) is 74.5 cm³/mol. The lowest BCUT2D eigenvalue weighted by Crippen LogP contribution is -2.13. The number of imidazole rings is 1. The highest BCUT2D eigenvalue weighted by Gasteiger charge is 2.20. The van der Waals surface area contributed by atoms with Gasteiger partial charge < -0.3 is 10.1 Å². The van der Waals surface area contributed by atoms with Crippen molar-refractivity contribution in [3.8, 4) is 0 Å². The van der Waals surface area contributed by atoms with Gasteiger partial charge in [0.2, 0.25) is 0 Å². The lowest BCUT2D eigenvalue weighted by Gasteiger charge is -2.13. The number of hydrogen-bond donors (Lipinski definition) is 1. The first kappa shape index (κ1) is 12.6. The van der Waals surface area contributed by atoms with Gasteiger partial charge >= 0.3 is 0 Å². The Hall–Kier alpha value is -0.870. The van der Waals surface area contributed by atoms with E-state index in [0.29, 0.717) is 18.4 Å². The maximum atomic E-state index is 5.81. The molecule has 3 nitrogen and oxygen atoms in total. The van der Waals surface area contributed by atoms with E-state index in [4.69, 9.17) is 10.7 Å². The predicted octanol–water partition coefficient (Wildman–Crippen LogP) is 3.28. The molecule has 0 bridgehead atoms. The Morgan fingerprint density at radius 2 is 2.12 bits per heavy atom. The standard InChI is InChI=1S/C13H18BrN3/c1-8(2)11-12(9(3)7-15)17-6-4-5-10(14)13(17)16-11/h4-6,8-9H,7,15H2,1-3H3. The van der Waals surface area contributed by atoms with E-state index in [2.05, 4.69) is 47.3 Å². The molecule has 1 atom stereocenters. The maximum absolute atomic E-state index is 5.81. The molecule has 0 radical (unpaired) electrons. The molecular weight excluding hydrogens is 278 g/mol. The molecular formula is C13H18BrN3. The summed E-state index contributed by atoms with van der Waals surface area (Å²) in [6.07, 6.45) is 2.06. The molecule has 0 aliphatic carbocycles. The lowest BCUT2D eigenvalue weighted by atomic mass is 10.00. The minimum Gasteiger partial charge on any atom is -0.330 e. The maximum Gasteiger partial charge on any atom is 0.151 e. The normalized spacial score (nSPS) is 13.5. The molecule has 0 saturated carbocycles. The molecule has 0 aliphatic heterocycles. The van der Waals surface area contributed by atoms with Gasteiger partial charge in [-0.3, -0.25) is 0 Å². The van der Waals surface area contributed by atoms with Crippen LogP contribution in [0.2, 0.25) is 0 Å². The molecule has 92 valence electrons. The van der Waals surface area contributed by atoms with Crippen molar-refractivity contribution in [2.45, 2.75) is 32.6 Å². The highest BCUT2D eigenvalue weighted by molar-refractivity contribution is 9.10. The van der Waals surface area contributed by atoms with Gasteiger partial charge in [-0.15, -0.1) is 0 Å². The van der Waals surface area contributed by atoms with E-state index >= 15 is 0 Å². The number of aromatic nitrogens is 2. The molecule has 2 aromatic heterocycles. The minimum absolute atomic E-state index is 0.316.